The van der Waals surface area contributed by atoms with Gasteiger partial charge in [-0.2, -0.15) is 0 Å². The van der Waals surface area contributed by atoms with E-state index in [1.165, 1.54) is 0 Å². The lowest BCUT2D eigenvalue weighted by Gasteiger charge is -2.33. The second-order valence-electron chi connectivity index (χ2n) is 18.7. The van der Waals surface area contributed by atoms with E-state index in [0.29, 0.717) is 79.0 Å². The predicted octanol–water partition coefficient (Wildman–Crippen LogP) is 14.9. The third-order valence-electron chi connectivity index (χ3n) is 14.4. The maximum atomic E-state index is 17.0. The number of fused-ring (bicyclic) bond motifs is 4. The molecular weight excluding hydrogens is 1110 g/mol. The van der Waals surface area contributed by atoms with Gasteiger partial charge in [0, 0.05) is 46.1 Å². The maximum absolute atomic E-state index is 17.0. The quantitative estimate of drug-likeness (QED) is 0.0897. The number of methoxy groups -OCH3 is 6. The molecule has 8 aromatic rings. The topological polar surface area (TPSA) is 71.3 Å². The zero-order chi connectivity index (χ0) is 56.4. The molecule has 4 aliphatic rings. The van der Waals surface area contributed by atoms with Crippen LogP contribution >= 0.6 is 46.4 Å². The minimum absolute atomic E-state index is 0.200. The Balaban J connectivity index is 0.000000169. The molecule has 6 aromatic carbocycles. The summed E-state index contributed by atoms with van der Waals surface area (Å²) in [6, 6.07) is 45.2. The maximum Gasteiger partial charge on any atom is 0.738 e. The SMILES string of the molecule is COc1ccc(C2=C3C=C(Cl)C(c4ccc(OC)cc4)=[N+]3[B-](F)(F)n3c2cc(Cl)c3-c2ccc(OC)cc2)cc1.COc1ccc(C2=C3C=C(Cl)C(c4ccc(OC)cc4)=[N+]3[B-](F)(F)n3c2cc(Cl)c3-c2ccc(OC)cc2)cc1. The number of ether oxygens (including phenoxy) is 6. The van der Waals surface area contributed by atoms with Crippen LogP contribution in [0.2, 0.25) is 10.0 Å². The van der Waals surface area contributed by atoms with Gasteiger partial charge in [-0.25, -0.2) is 0 Å². The van der Waals surface area contributed by atoms with Crippen molar-refractivity contribution in [1.29, 1.82) is 0 Å². The van der Waals surface area contributed by atoms with Crippen LogP contribution in [0.3, 0.4) is 0 Å². The van der Waals surface area contributed by atoms with Crippen LogP contribution in [0.15, 0.2) is 191 Å². The van der Waals surface area contributed by atoms with E-state index in [9.17, 15) is 0 Å². The molecule has 0 spiro atoms. The van der Waals surface area contributed by atoms with Gasteiger partial charge in [0.25, 0.3) is 0 Å². The van der Waals surface area contributed by atoms with E-state index in [-0.39, 0.29) is 65.7 Å². The molecule has 4 aliphatic heterocycles. The molecule has 0 bridgehead atoms. The van der Waals surface area contributed by atoms with Crippen molar-refractivity contribution >= 4 is 82.9 Å². The Labute approximate surface area is 478 Å². The highest BCUT2D eigenvalue weighted by Crippen LogP contribution is 2.50. The van der Waals surface area contributed by atoms with Crippen LogP contribution in [-0.4, -0.2) is 86.0 Å². The van der Waals surface area contributed by atoms with Gasteiger partial charge in [-0.05, 0) is 156 Å². The van der Waals surface area contributed by atoms with Crippen molar-refractivity contribution < 1.29 is 54.7 Å². The molecule has 0 unspecified atom stereocenters. The van der Waals surface area contributed by atoms with E-state index in [1.807, 2.05) is 24.3 Å². The van der Waals surface area contributed by atoms with Gasteiger partial charge < -0.3 is 63.6 Å². The monoisotopic (exact) mass is 1160 g/mol. The van der Waals surface area contributed by atoms with Crippen LogP contribution in [0.1, 0.15) is 33.6 Å². The van der Waals surface area contributed by atoms with E-state index in [0.717, 1.165) is 17.9 Å². The second kappa shape index (κ2) is 21.2. The molecule has 0 fully saturated rings. The van der Waals surface area contributed by atoms with Crippen molar-refractivity contribution in [3.8, 4) is 57.0 Å². The van der Waals surface area contributed by atoms with E-state index < -0.39 is 13.9 Å². The summed E-state index contributed by atoms with van der Waals surface area (Å²) >= 11 is 27.0. The van der Waals surface area contributed by atoms with E-state index in [1.54, 1.807) is 188 Å². The first-order chi connectivity index (χ1) is 38.6. The number of aromatic nitrogens is 2. The standard InChI is InChI=1S/2C30H23BCl2F2N2O3/c2*1-38-21-10-4-18(5-11-21)28-26-16-24(32)29(19-6-12-22(39-2)13-7-19)36(26)31(34,35)37-27(28)17-25(33)30(37)20-8-14-23(40-3)15-9-20/h2*4-17H,1-3H3. The summed E-state index contributed by atoms with van der Waals surface area (Å²) in [5.41, 5.74) is 6.61. The number of benzene rings is 6. The van der Waals surface area contributed by atoms with Gasteiger partial charge in [0.15, 0.2) is 22.8 Å². The average Bonchev–Trinajstić information content (AvgIpc) is 4.21. The molecule has 404 valence electrons. The minimum Gasteiger partial charge on any atom is -0.497 e. The molecule has 6 heterocycles. The van der Waals surface area contributed by atoms with Gasteiger partial charge in [-0.15, -0.1) is 0 Å². The first-order valence-electron chi connectivity index (χ1n) is 24.9. The summed E-state index contributed by atoms with van der Waals surface area (Å²) in [7, 11) is 9.34. The summed E-state index contributed by atoms with van der Waals surface area (Å²) in [5, 5.41) is 0.817. The van der Waals surface area contributed by atoms with E-state index >= 15 is 17.3 Å². The van der Waals surface area contributed by atoms with Crippen molar-refractivity contribution in [2.45, 2.75) is 0 Å². The highest BCUT2D eigenvalue weighted by molar-refractivity contribution is 6.62. The first kappa shape index (κ1) is 54.0. The number of hydrogen-bond donors (Lipinski definition) is 0. The first-order valence-corrected chi connectivity index (χ1v) is 26.4. The summed E-state index contributed by atoms with van der Waals surface area (Å²) in [6.45, 7) is -8.91. The lowest BCUT2D eigenvalue weighted by molar-refractivity contribution is -0.361. The Kier molecular flexibility index (Phi) is 14.3. The normalized spacial score (nSPS) is 15.5. The average molecular weight is 1160 g/mol. The Morgan fingerprint density at radius 3 is 0.838 bits per heavy atom. The Bertz CT molecular complexity index is 3710. The Morgan fingerprint density at radius 2 is 0.588 bits per heavy atom. The van der Waals surface area contributed by atoms with Crippen LogP contribution in [0, 0.1) is 0 Å². The molecule has 2 aromatic heterocycles. The van der Waals surface area contributed by atoms with Crippen LogP contribution in [0.4, 0.5) is 17.3 Å². The van der Waals surface area contributed by atoms with Crippen LogP contribution in [-0.2, 0) is 0 Å². The highest BCUT2D eigenvalue weighted by Gasteiger charge is 2.58. The Hall–Kier alpha value is -8.01. The molecule has 0 radical (unpaired) electrons. The summed E-state index contributed by atoms with van der Waals surface area (Å²) in [6.07, 6.45) is 3.18. The molecule has 80 heavy (non-hydrogen) atoms. The number of halogens is 8. The van der Waals surface area contributed by atoms with Crippen LogP contribution in [0.5, 0.6) is 34.5 Å². The van der Waals surface area contributed by atoms with Crippen molar-refractivity contribution in [2.75, 3.05) is 42.7 Å². The van der Waals surface area contributed by atoms with Gasteiger partial charge >= 0.3 is 13.9 Å². The molecule has 10 nitrogen and oxygen atoms in total. The predicted molar refractivity (Wildman–Crippen MR) is 310 cm³/mol. The third-order valence-corrected chi connectivity index (χ3v) is 15.6. The fraction of sp³-hybridized carbons (Fsp3) is 0.100. The zero-order valence-electron chi connectivity index (χ0n) is 43.6. The summed E-state index contributed by atoms with van der Waals surface area (Å²) in [5.74, 6) is 3.72. The number of hydrogen-bond acceptors (Lipinski definition) is 6. The molecule has 0 atom stereocenters. The number of allylic oxidation sites excluding steroid dienone is 4. The van der Waals surface area contributed by atoms with Gasteiger partial charge in [0.05, 0.1) is 63.9 Å². The smallest absolute Gasteiger partial charge is 0.497 e. The van der Waals surface area contributed by atoms with E-state index in [4.69, 9.17) is 74.8 Å². The minimum atomic E-state index is -4.45. The lowest BCUT2D eigenvalue weighted by atomic mass is 9.85. The fourth-order valence-corrected chi connectivity index (χ4v) is 12.0. The zero-order valence-corrected chi connectivity index (χ0v) is 46.6. The number of rotatable bonds is 12. The molecule has 0 aliphatic carbocycles. The van der Waals surface area contributed by atoms with Crippen molar-refractivity contribution in [1.82, 2.24) is 8.96 Å². The fourth-order valence-electron chi connectivity index (χ4n) is 10.7. The van der Waals surface area contributed by atoms with Gasteiger partial charge in [-0.1, -0.05) is 70.7 Å². The van der Waals surface area contributed by atoms with Gasteiger partial charge in [0.1, 0.15) is 44.6 Å². The third kappa shape index (κ3) is 9.04. The number of nitrogens with zero attached hydrogens (tertiary/aromatic N) is 4. The molecule has 12 rings (SSSR count). The molecule has 20 heteroatoms. The molecular formula is C60H46B2Cl4F4N4O6. The lowest BCUT2D eigenvalue weighted by Crippen LogP contribution is -2.51. The summed E-state index contributed by atoms with van der Waals surface area (Å²) in [4.78, 5) is 0. The molecule has 0 saturated carbocycles. The van der Waals surface area contributed by atoms with Crippen molar-refractivity contribution in [3.05, 3.63) is 235 Å². The molecule has 0 amide bonds. The van der Waals surface area contributed by atoms with E-state index in [2.05, 4.69) is 0 Å². The second-order valence-corrected chi connectivity index (χ2v) is 20.3. The van der Waals surface area contributed by atoms with Crippen molar-refractivity contribution in [2.24, 2.45) is 0 Å². The molecule has 0 N–H and O–H groups in total. The van der Waals surface area contributed by atoms with Gasteiger partial charge in [0.2, 0.25) is 0 Å². The largest absolute Gasteiger partial charge is 0.738 e. The van der Waals surface area contributed by atoms with Crippen LogP contribution < -0.4 is 28.4 Å². The van der Waals surface area contributed by atoms with Crippen LogP contribution in [0.25, 0.3) is 33.7 Å². The highest BCUT2D eigenvalue weighted by atomic mass is 35.5. The Morgan fingerprint density at radius 1 is 0.350 bits per heavy atom. The van der Waals surface area contributed by atoms with Crippen molar-refractivity contribution in [3.63, 3.8) is 0 Å². The summed E-state index contributed by atoms with van der Waals surface area (Å²) < 4.78 is 104. The van der Waals surface area contributed by atoms with Gasteiger partial charge in [-0.3, -0.25) is 0 Å². The molecule has 0 saturated heterocycles.